The van der Waals surface area contributed by atoms with E-state index in [1.165, 1.54) is 5.56 Å². The first-order valence-corrected chi connectivity index (χ1v) is 7.45. The van der Waals surface area contributed by atoms with E-state index in [9.17, 15) is 4.79 Å². The van der Waals surface area contributed by atoms with Gasteiger partial charge in [0.1, 0.15) is 18.2 Å². The number of benzene rings is 2. The van der Waals surface area contributed by atoms with Gasteiger partial charge in [0, 0.05) is 11.1 Å². The monoisotopic (exact) mass is 293 g/mol. The molecule has 0 amide bonds. The van der Waals surface area contributed by atoms with Crippen molar-refractivity contribution in [3.8, 4) is 0 Å². The second kappa shape index (κ2) is 5.76. The number of hydrogen-bond acceptors (Lipinski definition) is 3. The smallest absolute Gasteiger partial charge is 0.175 e. The third kappa shape index (κ3) is 2.54. The summed E-state index contributed by atoms with van der Waals surface area (Å²) < 4.78 is 0. The van der Waals surface area contributed by atoms with Gasteiger partial charge in [0.05, 0.1) is 0 Å². The Morgan fingerprint density at radius 1 is 1.09 bits per heavy atom. The minimum atomic E-state index is -0.331. The quantitative estimate of drug-likeness (QED) is 0.806. The molecule has 1 aliphatic rings. The number of hydrogen-bond donors (Lipinski definition) is 0. The van der Waals surface area contributed by atoms with Gasteiger partial charge in [-0.1, -0.05) is 53.2 Å². The van der Waals surface area contributed by atoms with Crippen LogP contribution in [0.2, 0.25) is 0 Å². The largest absolute Gasteiger partial charge is 0.394 e. The molecule has 112 valence electrons. The number of aryl methyl sites for hydroxylation is 3. The molecule has 3 rings (SSSR count). The highest BCUT2D eigenvalue weighted by Gasteiger charge is 2.33. The molecule has 0 aromatic heterocycles. The topological polar surface area (TPSA) is 38.7 Å². The summed E-state index contributed by atoms with van der Waals surface area (Å²) in [5.41, 5.74) is 5.97. The predicted molar refractivity (Wildman–Crippen MR) is 87.4 cm³/mol. The summed E-state index contributed by atoms with van der Waals surface area (Å²) in [6.07, 6.45) is 0. The molecule has 22 heavy (non-hydrogen) atoms. The molecule has 1 heterocycles. The number of carbonyl (C=O) groups excluding carboxylic acids is 1. The van der Waals surface area contributed by atoms with E-state index in [0.29, 0.717) is 12.2 Å². The summed E-state index contributed by atoms with van der Waals surface area (Å²) in [5.74, 6) is -0.265. The van der Waals surface area contributed by atoms with E-state index in [0.717, 1.165) is 22.4 Å². The van der Waals surface area contributed by atoms with Crippen molar-refractivity contribution in [2.24, 2.45) is 11.1 Å². The fourth-order valence-electron chi connectivity index (χ4n) is 3.13. The summed E-state index contributed by atoms with van der Waals surface area (Å²) in [4.78, 5) is 18.0. The molecule has 0 radical (unpaired) electrons. The number of oxime groups is 1. The van der Waals surface area contributed by atoms with Gasteiger partial charge in [-0.3, -0.25) is 4.79 Å². The Morgan fingerprint density at radius 3 is 2.36 bits per heavy atom. The third-order valence-corrected chi connectivity index (χ3v) is 4.04. The second-order valence-corrected chi connectivity index (χ2v) is 5.83. The first-order valence-electron chi connectivity index (χ1n) is 7.45. The van der Waals surface area contributed by atoms with E-state index in [2.05, 4.69) is 38.1 Å². The molecule has 2 aromatic rings. The Morgan fingerprint density at radius 2 is 1.73 bits per heavy atom. The summed E-state index contributed by atoms with van der Waals surface area (Å²) in [5, 5.41) is 4.18. The summed E-state index contributed by atoms with van der Waals surface area (Å²) in [6, 6.07) is 13.6. The highest BCUT2D eigenvalue weighted by atomic mass is 16.6. The Kier molecular flexibility index (Phi) is 3.80. The van der Waals surface area contributed by atoms with Crippen molar-refractivity contribution < 1.29 is 9.63 Å². The minimum Gasteiger partial charge on any atom is -0.394 e. The van der Waals surface area contributed by atoms with Crippen molar-refractivity contribution in [3.05, 3.63) is 70.3 Å². The minimum absolute atomic E-state index is 0.0659. The maximum Gasteiger partial charge on any atom is 0.175 e. The molecule has 1 atom stereocenters. The number of rotatable bonds is 3. The Balaban J connectivity index is 2.00. The molecule has 0 saturated heterocycles. The van der Waals surface area contributed by atoms with Crippen LogP contribution in [0.5, 0.6) is 0 Å². The second-order valence-electron chi connectivity index (χ2n) is 5.83. The lowest BCUT2D eigenvalue weighted by Gasteiger charge is -2.15. The van der Waals surface area contributed by atoms with Gasteiger partial charge in [0.15, 0.2) is 5.78 Å². The highest BCUT2D eigenvalue weighted by Crippen LogP contribution is 2.26. The van der Waals surface area contributed by atoms with Gasteiger partial charge in [-0.2, -0.15) is 0 Å². The standard InChI is InChI=1S/C19H19NO2/c1-12-9-13(2)17(14(3)10-12)18-16(11-22-20-18)19(21)15-7-5-4-6-8-15/h4-10,16H,11H2,1-3H3/t16-/m1/s1. The van der Waals surface area contributed by atoms with Gasteiger partial charge in [-0.25, -0.2) is 0 Å². The fourth-order valence-corrected chi connectivity index (χ4v) is 3.13. The van der Waals surface area contributed by atoms with E-state index in [1.807, 2.05) is 30.3 Å². The van der Waals surface area contributed by atoms with Crippen LogP contribution in [-0.2, 0) is 4.84 Å². The van der Waals surface area contributed by atoms with Crippen molar-refractivity contribution in [2.45, 2.75) is 20.8 Å². The first-order chi connectivity index (χ1) is 10.6. The van der Waals surface area contributed by atoms with E-state index < -0.39 is 0 Å². The van der Waals surface area contributed by atoms with Crippen LogP contribution in [0.4, 0.5) is 0 Å². The zero-order valence-corrected chi connectivity index (χ0v) is 13.1. The van der Waals surface area contributed by atoms with Crippen molar-refractivity contribution in [2.75, 3.05) is 6.61 Å². The molecule has 0 N–H and O–H groups in total. The highest BCUT2D eigenvalue weighted by molar-refractivity contribution is 6.19. The summed E-state index contributed by atoms with van der Waals surface area (Å²) in [7, 11) is 0. The maximum absolute atomic E-state index is 12.8. The summed E-state index contributed by atoms with van der Waals surface area (Å²) >= 11 is 0. The van der Waals surface area contributed by atoms with Crippen molar-refractivity contribution in [1.82, 2.24) is 0 Å². The fraction of sp³-hybridized carbons (Fsp3) is 0.263. The average molecular weight is 293 g/mol. The van der Waals surface area contributed by atoms with E-state index >= 15 is 0 Å². The zero-order valence-electron chi connectivity index (χ0n) is 13.1. The van der Waals surface area contributed by atoms with Crippen molar-refractivity contribution >= 4 is 11.5 Å². The van der Waals surface area contributed by atoms with Crippen LogP contribution < -0.4 is 0 Å². The van der Waals surface area contributed by atoms with Gasteiger partial charge >= 0.3 is 0 Å². The molecule has 0 saturated carbocycles. The lowest BCUT2D eigenvalue weighted by Crippen LogP contribution is -2.25. The van der Waals surface area contributed by atoms with Gasteiger partial charge < -0.3 is 4.84 Å². The van der Waals surface area contributed by atoms with E-state index in [1.54, 1.807) is 0 Å². The molecule has 2 aromatic carbocycles. The van der Waals surface area contributed by atoms with Crippen LogP contribution in [0.25, 0.3) is 0 Å². The van der Waals surface area contributed by atoms with Gasteiger partial charge in [-0.05, 0) is 31.9 Å². The lowest BCUT2D eigenvalue weighted by molar-refractivity contribution is 0.0886. The van der Waals surface area contributed by atoms with Crippen LogP contribution >= 0.6 is 0 Å². The SMILES string of the molecule is Cc1cc(C)c(C2=NOC[C@H]2C(=O)c2ccccc2)c(C)c1. The van der Waals surface area contributed by atoms with E-state index in [-0.39, 0.29) is 11.7 Å². The number of ketones is 1. The molecule has 0 aliphatic carbocycles. The number of Topliss-reactive ketones (excluding diaryl/α,β-unsaturated/α-hetero) is 1. The maximum atomic E-state index is 12.8. The molecule has 3 heteroatoms. The van der Waals surface area contributed by atoms with Crippen LogP contribution in [0.15, 0.2) is 47.6 Å². The molecule has 0 spiro atoms. The van der Waals surface area contributed by atoms with Crippen molar-refractivity contribution in [3.63, 3.8) is 0 Å². The van der Waals surface area contributed by atoms with Gasteiger partial charge in [0.2, 0.25) is 0 Å². The molecular formula is C19H19NO2. The Labute approximate surface area is 130 Å². The predicted octanol–water partition coefficient (Wildman–Crippen LogP) is 3.85. The summed E-state index contributed by atoms with van der Waals surface area (Å²) in [6.45, 7) is 6.50. The molecular weight excluding hydrogens is 274 g/mol. The molecule has 3 nitrogen and oxygen atoms in total. The molecule has 0 fully saturated rings. The molecule has 0 unspecified atom stereocenters. The molecule has 0 bridgehead atoms. The van der Waals surface area contributed by atoms with Crippen LogP contribution in [0.3, 0.4) is 0 Å². The van der Waals surface area contributed by atoms with Crippen LogP contribution in [-0.4, -0.2) is 18.1 Å². The Hall–Kier alpha value is -2.42. The van der Waals surface area contributed by atoms with Crippen LogP contribution in [0, 0.1) is 26.7 Å². The zero-order chi connectivity index (χ0) is 15.7. The van der Waals surface area contributed by atoms with Gasteiger partial charge in [0.25, 0.3) is 0 Å². The lowest BCUT2D eigenvalue weighted by atomic mass is 9.86. The third-order valence-electron chi connectivity index (χ3n) is 4.04. The normalized spacial score (nSPS) is 17.0. The average Bonchev–Trinajstić information content (AvgIpc) is 2.95. The van der Waals surface area contributed by atoms with Gasteiger partial charge in [-0.15, -0.1) is 0 Å². The van der Waals surface area contributed by atoms with Crippen LogP contribution in [0.1, 0.15) is 32.6 Å². The first kappa shape index (κ1) is 14.5. The Bertz CT molecular complexity index is 724. The van der Waals surface area contributed by atoms with Crippen molar-refractivity contribution in [1.29, 1.82) is 0 Å². The number of carbonyl (C=O) groups is 1. The number of nitrogens with zero attached hydrogens (tertiary/aromatic N) is 1. The molecule has 1 aliphatic heterocycles. The van der Waals surface area contributed by atoms with E-state index in [4.69, 9.17) is 4.84 Å².